The second-order valence-corrected chi connectivity index (χ2v) is 13.2. The van der Waals surface area contributed by atoms with E-state index < -0.39 is 17.1 Å². The molecule has 4 aliphatic rings. The van der Waals surface area contributed by atoms with E-state index in [-0.39, 0.29) is 23.6 Å². The largest absolute Gasteiger partial charge is 0.466 e. The summed E-state index contributed by atoms with van der Waals surface area (Å²) >= 11 is 0. The third kappa shape index (κ3) is 4.27. The Kier molecular flexibility index (Phi) is 7.30. The fourth-order valence-corrected chi connectivity index (χ4v) is 9.33. The summed E-state index contributed by atoms with van der Waals surface area (Å²) in [5.74, 6) is 2.89. The molecule has 4 saturated carbocycles. The molecular formula is C29H48O5. The van der Waals surface area contributed by atoms with Gasteiger partial charge in [-0.1, -0.05) is 40.5 Å². The van der Waals surface area contributed by atoms with Crippen LogP contribution >= 0.6 is 0 Å². The lowest BCUT2D eigenvalue weighted by Crippen LogP contribution is -2.67. The van der Waals surface area contributed by atoms with Gasteiger partial charge in [0.05, 0.1) is 12.7 Å². The first-order chi connectivity index (χ1) is 15.9. The Balaban J connectivity index is 1.41. The van der Waals surface area contributed by atoms with Crippen LogP contribution in [-0.2, 0) is 14.3 Å². The topological polar surface area (TPSA) is 83.8 Å². The van der Waals surface area contributed by atoms with Crippen LogP contribution in [0.5, 0.6) is 0 Å². The number of hydrogen-bond donors (Lipinski definition) is 2. The van der Waals surface area contributed by atoms with Gasteiger partial charge in [0.25, 0.3) is 0 Å². The van der Waals surface area contributed by atoms with Crippen molar-refractivity contribution in [3.8, 4) is 0 Å². The van der Waals surface area contributed by atoms with Crippen LogP contribution in [0.25, 0.3) is 0 Å². The number of carbonyl (C=O) groups is 2. The Morgan fingerprint density at radius 2 is 1.82 bits per heavy atom. The summed E-state index contributed by atoms with van der Waals surface area (Å²) in [6.07, 6.45) is 9.84. The van der Waals surface area contributed by atoms with Gasteiger partial charge < -0.3 is 14.9 Å². The first-order valence-electron chi connectivity index (χ1n) is 14.0. The molecule has 4 fully saturated rings. The van der Waals surface area contributed by atoms with Gasteiger partial charge in [-0.25, -0.2) is 0 Å². The summed E-state index contributed by atoms with van der Waals surface area (Å²) in [6.45, 7) is 11.2. The van der Waals surface area contributed by atoms with Gasteiger partial charge in [-0.2, -0.15) is 0 Å². The summed E-state index contributed by atoms with van der Waals surface area (Å²) in [4.78, 5) is 24.4. The number of aliphatic hydroxyl groups excluding tert-OH is 1. The van der Waals surface area contributed by atoms with Gasteiger partial charge in [0.2, 0.25) is 0 Å². The highest BCUT2D eigenvalue weighted by atomic mass is 16.5. The molecule has 5 heteroatoms. The average Bonchev–Trinajstić information content (AvgIpc) is 3.12. The molecule has 0 aromatic heterocycles. The number of rotatable bonds is 7. The van der Waals surface area contributed by atoms with Crippen LogP contribution in [0.2, 0.25) is 0 Å². The minimum absolute atomic E-state index is 0.00230. The molecule has 0 heterocycles. The van der Waals surface area contributed by atoms with E-state index in [1.165, 1.54) is 39.0 Å². The van der Waals surface area contributed by atoms with Crippen LogP contribution in [0.4, 0.5) is 0 Å². The van der Waals surface area contributed by atoms with Crippen molar-refractivity contribution >= 4 is 11.8 Å². The van der Waals surface area contributed by atoms with Crippen molar-refractivity contribution in [3.05, 3.63) is 0 Å². The van der Waals surface area contributed by atoms with Crippen LogP contribution in [0.15, 0.2) is 0 Å². The van der Waals surface area contributed by atoms with E-state index in [0.717, 1.165) is 19.3 Å². The average molecular weight is 477 g/mol. The Morgan fingerprint density at radius 3 is 2.53 bits per heavy atom. The summed E-state index contributed by atoms with van der Waals surface area (Å²) in [5, 5.41) is 21.8. The molecule has 2 N–H and O–H groups in total. The molecule has 0 amide bonds. The second kappa shape index (κ2) is 9.50. The van der Waals surface area contributed by atoms with Crippen LogP contribution in [-0.4, -0.2) is 40.3 Å². The normalized spacial score (nSPS) is 45.6. The molecular weight excluding hydrogens is 428 g/mol. The van der Waals surface area contributed by atoms with Gasteiger partial charge in [-0.15, -0.1) is 0 Å². The lowest BCUT2D eigenvalue weighted by Gasteiger charge is -2.63. The van der Waals surface area contributed by atoms with E-state index in [9.17, 15) is 19.8 Å². The minimum Gasteiger partial charge on any atom is -0.466 e. The number of esters is 1. The van der Waals surface area contributed by atoms with Gasteiger partial charge in [-0.05, 0) is 85.9 Å². The highest BCUT2D eigenvalue weighted by Crippen LogP contribution is 2.68. The number of Topliss-reactive ketones (excluding diaryl/α,β-unsaturated/α-hetero) is 1. The molecule has 0 radical (unpaired) electrons. The third-order valence-corrected chi connectivity index (χ3v) is 11.3. The number of aliphatic hydroxyl groups is 2. The first-order valence-corrected chi connectivity index (χ1v) is 14.0. The molecule has 34 heavy (non-hydrogen) atoms. The predicted octanol–water partition coefficient (Wildman–Crippen LogP) is 5.31. The van der Waals surface area contributed by atoms with E-state index in [2.05, 4.69) is 27.7 Å². The first kappa shape index (κ1) is 26.1. The summed E-state index contributed by atoms with van der Waals surface area (Å²) in [6, 6.07) is 0. The molecule has 10 atom stereocenters. The molecule has 0 aromatic rings. The zero-order valence-electron chi connectivity index (χ0n) is 22.1. The van der Waals surface area contributed by atoms with E-state index >= 15 is 0 Å². The van der Waals surface area contributed by atoms with E-state index in [4.69, 9.17) is 4.74 Å². The van der Waals surface area contributed by atoms with Gasteiger partial charge in [0.1, 0.15) is 5.60 Å². The van der Waals surface area contributed by atoms with Gasteiger partial charge in [0, 0.05) is 25.2 Å². The Hall–Kier alpha value is -0.940. The Labute approximate surface area is 206 Å². The maximum Gasteiger partial charge on any atom is 0.302 e. The highest BCUT2D eigenvalue weighted by molar-refractivity contribution is 5.89. The fourth-order valence-electron chi connectivity index (χ4n) is 9.33. The maximum absolute atomic E-state index is 13.4. The fraction of sp³-hybridized carbons (Fsp3) is 0.931. The molecule has 4 aliphatic carbocycles. The number of ether oxygens (including phenoxy) is 1. The molecule has 0 saturated heterocycles. The SMILES string of the molecule is CC(=O)OC[C@H](C)CCCC(C)[C@H]1CCC2C3CC(=O)[C@@]4(O)C[C@@H](O)CC[C@]4(C)C3CC[C@@]21C. The van der Waals surface area contributed by atoms with Gasteiger partial charge in [0.15, 0.2) is 5.78 Å². The van der Waals surface area contributed by atoms with Crippen LogP contribution in [0.1, 0.15) is 105 Å². The minimum atomic E-state index is -1.34. The molecule has 0 aromatic carbocycles. The molecule has 194 valence electrons. The molecule has 5 nitrogen and oxygen atoms in total. The highest BCUT2D eigenvalue weighted by Gasteiger charge is 2.67. The molecule has 0 spiro atoms. The maximum atomic E-state index is 13.4. The van der Waals surface area contributed by atoms with Gasteiger partial charge >= 0.3 is 5.97 Å². The zero-order valence-corrected chi connectivity index (χ0v) is 22.1. The molecule has 4 unspecified atom stereocenters. The summed E-state index contributed by atoms with van der Waals surface area (Å²) in [5.41, 5.74) is -1.45. The Morgan fingerprint density at radius 1 is 1.09 bits per heavy atom. The smallest absolute Gasteiger partial charge is 0.302 e. The second-order valence-electron chi connectivity index (χ2n) is 13.2. The van der Waals surface area contributed by atoms with Crippen molar-refractivity contribution in [3.63, 3.8) is 0 Å². The molecule has 4 rings (SSSR count). The molecule has 0 bridgehead atoms. The number of hydrogen-bond acceptors (Lipinski definition) is 5. The Bertz CT molecular complexity index is 780. The predicted molar refractivity (Wildman–Crippen MR) is 132 cm³/mol. The standard InChI is InChI=1S/C29H48O5/c1-18(17-34-20(3)30)7-6-8-19(2)23-9-10-24-22-15-26(32)29(33)16-21(31)11-14-28(29,5)25(22)12-13-27(23,24)4/h18-19,21-25,31,33H,6-17H2,1-5H3/t18-,19?,21+,22?,23-,24?,25?,27-,28-,29+/m1/s1. The van der Waals surface area contributed by atoms with E-state index in [1.807, 2.05) is 0 Å². The summed E-state index contributed by atoms with van der Waals surface area (Å²) in [7, 11) is 0. The van der Waals surface area contributed by atoms with Crippen molar-refractivity contribution in [2.45, 2.75) is 117 Å². The third-order valence-electron chi connectivity index (χ3n) is 11.3. The lowest BCUT2D eigenvalue weighted by molar-refractivity contribution is -0.213. The van der Waals surface area contributed by atoms with Crippen LogP contribution in [0.3, 0.4) is 0 Å². The van der Waals surface area contributed by atoms with Crippen molar-refractivity contribution in [1.82, 2.24) is 0 Å². The monoisotopic (exact) mass is 476 g/mol. The quantitative estimate of drug-likeness (QED) is 0.487. The van der Waals surface area contributed by atoms with Crippen molar-refractivity contribution < 1.29 is 24.5 Å². The van der Waals surface area contributed by atoms with Gasteiger partial charge in [-0.3, -0.25) is 9.59 Å². The number of ketones is 1. The van der Waals surface area contributed by atoms with E-state index in [1.54, 1.807) is 0 Å². The molecule has 0 aliphatic heterocycles. The number of carbonyl (C=O) groups excluding carboxylic acids is 2. The zero-order chi connectivity index (χ0) is 24.9. The summed E-state index contributed by atoms with van der Waals surface area (Å²) < 4.78 is 5.17. The lowest BCUT2D eigenvalue weighted by atomic mass is 9.42. The van der Waals surface area contributed by atoms with Crippen molar-refractivity contribution in [1.29, 1.82) is 0 Å². The van der Waals surface area contributed by atoms with Crippen LogP contribution in [0, 0.1) is 46.3 Å². The van der Waals surface area contributed by atoms with E-state index in [0.29, 0.717) is 55.0 Å². The number of fused-ring (bicyclic) bond motifs is 5. The van der Waals surface area contributed by atoms with Crippen LogP contribution < -0.4 is 0 Å². The van der Waals surface area contributed by atoms with Crippen molar-refractivity contribution in [2.75, 3.05) is 6.61 Å². The van der Waals surface area contributed by atoms with Crippen molar-refractivity contribution in [2.24, 2.45) is 46.3 Å².